The van der Waals surface area contributed by atoms with E-state index in [1.54, 1.807) is 12.1 Å². The Balaban J connectivity index is 1.66. The van der Waals surface area contributed by atoms with Gasteiger partial charge in [0.2, 0.25) is 15.9 Å². The number of methoxy groups -OCH3 is 1. The molecule has 1 aliphatic heterocycles. The normalized spacial score (nSPS) is 14.2. The number of rotatable bonds is 8. The first-order valence-electron chi connectivity index (χ1n) is 10.0. The highest BCUT2D eigenvalue weighted by atomic mass is 32.2. The number of carbonyl (C=O) groups excluding carboxylic acids is 1. The van der Waals surface area contributed by atoms with Gasteiger partial charge in [0.25, 0.3) is 0 Å². The fourth-order valence-corrected chi connectivity index (χ4v) is 4.25. The van der Waals surface area contributed by atoms with Gasteiger partial charge in [0, 0.05) is 20.5 Å². The Bertz CT molecular complexity index is 1050. The van der Waals surface area contributed by atoms with Crippen LogP contribution in [-0.2, 0) is 21.2 Å². The second-order valence-electron chi connectivity index (χ2n) is 7.45. The lowest BCUT2D eigenvalue weighted by Crippen LogP contribution is -2.27. The number of amides is 1. The van der Waals surface area contributed by atoms with Gasteiger partial charge in [-0.25, -0.2) is 12.7 Å². The number of benzene rings is 2. The van der Waals surface area contributed by atoms with Gasteiger partial charge in [-0.3, -0.25) is 4.79 Å². The fraction of sp³-hybridized carbons (Fsp3) is 0.409. The SMILES string of the molecule is COc1ccc(S(=O)(=O)N(C)C)cc1CCC(=O)N[C@H](C)c1ccc2c(c1)OCCO2. The van der Waals surface area contributed by atoms with E-state index in [9.17, 15) is 13.2 Å². The maximum atomic E-state index is 12.5. The van der Waals surface area contributed by atoms with Gasteiger partial charge in [-0.2, -0.15) is 0 Å². The summed E-state index contributed by atoms with van der Waals surface area (Å²) in [5.74, 6) is 1.78. The molecule has 0 aliphatic carbocycles. The summed E-state index contributed by atoms with van der Waals surface area (Å²) in [6.07, 6.45) is 0.538. The first-order chi connectivity index (χ1) is 14.7. The molecule has 2 aromatic carbocycles. The molecule has 31 heavy (non-hydrogen) atoms. The molecule has 0 aromatic heterocycles. The molecule has 1 atom stereocenters. The van der Waals surface area contributed by atoms with E-state index in [1.807, 2.05) is 25.1 Å². The zero-order chi connectivity index (χ0) is 22.6. The van der Waals surface area contributed by atoms with Crippen LogP contribution in [0, 0.1) is 0 Å². The monoisotopic (exact) mass is 448 g/mol. The van der Waals surface area contributed by atoms with Crippen molar-refractivity contribution >= 4 is 15.9 Å². The first kappa shape index (κ1) is 22.9. The summed E-state index contributed by atoms with van der Waals surface area (Å²) in [4.78, 5) is 12.7. The number of fused-ring (bicyclic) bond motifs is 1. The Morgan fingerprint density at radius 2 is 1.84 bits per heavy atom. The zero-order valence-electron chi connectivity index (χ0n) is 18.2. The molecule has 1 amide bonds. The summed E-state index contributed by atoms with van der Waals surface area (Å²) >= 11 is 0. The van der Waals surface area contributed by atoms with Gasteiger partial charge < -0.3 is 19.5 Å². The summed E-state index contributed by atoms with van der Waals surface area (Å²) in [7, 11) is 0.903. The highest BCUT2D eigenvalue weighted by Crippen LogP contribution is 2.32. The average molecular weight is 449 g/mol. The van der Waals surface area contributed by atoms with Crippen LogP contribution in [0.15, 0.2) is 41.3 Å². The van der Waals surface area contributed by atoms with Crippen LogP contribution in [-0.4, -0.2) is 53.0 Å². The summed E-state index contributed by atoms with van der Waals surface area (Å²) in [6.45, 7) is 2.93. The van der Waals surface area contributed by atoms with Crippen LogP contribution in [0.3, 0.4) is 0 Å². The van der Waals surface area contributed by atoms with E-state index in [-0.39, 0.29) is 23.3 Å². The van der Waals surface area contributed by atoms with E-state index in [0.29, 0.717) is 42.4 Å². The summed E-state index contributed by atoms with van der Waals surface area (Å²) in [5.41, 5.74) is 1.57. The van der Waals surface area contributed by atoms with Crippen LogP contribution in [0.1, 0.15) is 30.5 Å². The Morgan fingerprint density at radius 3 is 2.52 bits per heavy atom. The average Bonchev–Trinajstić information content (AvgIpc) is 2.76. The molecule has 1 N–H and O–H groups in total. The van der Waals surface area contributed by atoms with Crippen molar-refractivity contribution in [3.05, 3.63) is 47.5 Å². The molecule has 0 fully saturated rings. The Labute approximate surface area is 183 Å². The van der Waals surface area contributed by atoms with E-state index in [0.717, 1.165) is 9.87 Å². The summed E-state index contributed by atoms with van der Waals surface area (Å²) < 4.78 is 42.5. The van der Waals surface area contributed by atoms with Gasteiger partial charge in [0.15, 0.2) is 11.5 Å². The van der Waals surface area contributed by atoms with Crippen molar-refractivity contribution in [3.8, 4) is 17.2 Å². The number of ether oxygens (including phenoxy) is 3. The molecule has 3 rings (SSSR count). The molecule has 0 saturated carbocycles. The molecule has 168 valence electrons. The van der Waals surface area contributed by atoms with Crippen molar-refractivity contribution in [1.29, 1.82) is 0 Å². The molecule has 0 unspecified atom stereocenters. The predicted octanol–water partition coefficient (Wildman–Crippen LogP) is 2.53. The molecule has 0 radical (unpaired) electrons. The van der Waals surface area contributed by atoms with Crippen molar-refractivity contribution in [2.45, 2.75) is 30.7 Å². The number of carbonyl (C=O) groups is 1. The molecule has 0 spiro atoms. The minimum Gasteiger partial charge on any atom is -0.496 e. The molecule has 0 bridgehead atoms. The third-order valence-corrected chi connectivity index (χ3v) is 6.91. The quantitative estimate of drug-likeness (QED) is 0.667. The number of hydrogen-bond acceptors (Lipinski definition) is 6. The van der Waals surface area contributed by atoms with Gasteiger partial charge in [-0.1, -0.05) is 6.07 Å². The van der Waals surface area contributed by atoms with Gasteiger partial charge in [-0.05, 0) is 54.8 Å². The maximum Gasteiger partial charge on any atom is 0.242 e. The van der Waals surface area contributed by atoms with Gasteiger partial charge >= 0.3 is 0 Å². The van der Waals surface area contributed by atoms with E-state index < -0.39 is 10.0 Å². The van der Waals surface area contributed by atoms with E-state index in [2.05, 4.69) is 5.32 Å². The largest absolute Gasteiger partial charge is 0.496 e. The molecular formula is C22H28N2O6S. The highest BCUT2D eigenvalue weighted by molar-refractivity contribution is 7.89. The van der Waals surface area contributed by atoms with Crippen LogP contribution in [0.2, 0.25) is 0 Å². The van der Waals surface area contributed by atoms with E-state index in [4.69, 9.17) is 14.2 Å². The minimum atomic E-state index is -3.57. The maximum absolute atomic E-state index is 12.5. The molecule has 1 aliphatic rings. The van der Waals surface area contributed by atoms with E-state index in [1.165, 1.54) is 27.3 Å². The Hall–Kier alpha value is -2.78. The standard InChI is InChI=1S/C22H28N2O6S/c1-15(16-5-8-20-21(14-16)30-12-11-29-20)23-22(25)10-6-17-13-18(7-9-19(17)28-4)31(26,27)24(2)3/h5,7-9,13-15H,6,10-12H2,1-4H3,(H,23,25)/t15-/m1/s1. The van der Waals surface area contributed by atoms with Crippen LogP contribution < -0.4 is 19.5 Å². The van der Waals surface area contributed by atoms with E-state index >= 15 is 0 Å². The molecule has 1 heterocycles. The number of nitrogens with one attached hydrogen (secondary N) is 1. The van der Waals surface area contributed by atoms with Crippen molar-refractivity contribution in [2.24, 2.45) is 0 Å². The van der Waals surface area contributed by atoms with Crippen LogP contribution in [0.5, 0.6) is 17.2 Å². The Morgan fingerprint density at radius 1 is 1.13 bits per heavy atom. The second kappa shape index (κ2) is 9.57. The van der Waals surface area contributed by atoms with Gasteiger partial charge in [0.1, 0.15) is 19.0 Å². The van der Waals surface area contributed by atoms with Gasteiger partial charge in [0.05, 0.1) is 18.0 Å². The molecule has 0 saturated heterocycles. The van der Waals surface area contributed by atoms with Crippen LogP contribution in [0.25, 0.3) is 0 Å². The lowest BCUT2D eigenvalue weighted by Gasteiger charge is -2.21. The lowest BCUT2D eigenvalue weighted by molar-refractivity contribution is -0.121. The van der Waals surface area contributed by atoms with Crippen LogP contribution in [0.4, 0.5) is 0 Å². The minimum absolute atomic E-state index is 0.148. The smallest absolute Gasteiger partial charge is 0.242 e. The van der Waals surface area contributed by atoms with Crippen molar-refractivity contribution in [3.63, 3.8) is 0 Å². The third-order valence-electron chi connectivity index (χ3n) is 5.10. The summed E-state index contributed by atoms with van der Waals surface area (Å²) in [5, 5.41) is 2.97. The topological polar surface area (TPSA) is 94.2 Å². The zero-order valence-corrected chi connectivity index (χ0v) is 19.0. The highest BCUT2D eigenvalue weighted by Gasteiger charge is 2.20. The third kappa shape index (κ3) is 5.29. The lowest BCUT2D eigenvalue weighted by atomic mass is 10.1. The van der Waals surface area contributed by atoms with Gasteiger partial charge in [-0.15, -0.1) is 0 Å². The Kier molecular flexibility index (Phi) is 7.07. The predicted molar refractivity (Wildman–Crippen MR) is 116 cm³/mol. The van der Waals surface area contributed by atoms with Crippen molar-refractivity contribution in [1.82, 2.24) is 9.62 Å². The number of sulfonamides is 1. The van der Waals surface area contributed by atoms with Crippen molar-refractivity contribution in [2.75, 3.05) is 34.4 Å². The molecular weight excluding hydrogens is 420 g/mol. The van der Waals surface area contributed by atoms with Crippen molar-refractivity contribution < 1.29 is 27.4 Å². The second-order valence-corrected chi connectivity index (χ2v) is 9.61. The fourth-order valence-electron chi connectivity index (χ4n) is 3.30. The molecule has 2 aromatic rings. The molecule has 8 nitrogen and oxygen atoms in total. The summed E-state index contributed by atoms with van der Waals surface area (Å²) in [6, 6.07) is 10.1. The number of hydrogen-bond donors (Lipinski definition) is 1. The number of nitrogens with zero attached hydrogens (tertiary/aromatic N) is 1. The molecule has 9 heteroatoms. The first-order valence-corrected chi connectivity index (χ1v) is 11.4. The number of aryl methyl sites for hydroxylation is 1. The van der Waals surface area contributed by atoms with Crippen LogP contribution >= 0.6 is 0 Å².